The monoisotopic (exact) mass is 465 g/mol. The summed E-state index contributed by atoms with van der Waals surface area (Å²) in [6, 6.07) is 15.5. The first-order chi connectivity index (χ1) is 15.2. The molecule has 1 saturated carbocycles. The van der Waals surface area contributed by atoms with Crippen molar-refractivity contribution in [2.75, 3.05) is 6.54 Å². The van der Waals surface area contributed by atoms with Gasteiger partial charge >= 0.3 is 15.6 Å². The Balaban J connectivity index is 1.49. The summed E-state index contributed by atoms with van der Waals surface area (Å²) < 4.78 is 66.1. The molecule has 2 fully saturated rings. The van der Waals surface area contributed by atoms with Crippen LogP contribution < -0.4 is 4.18 Å². The van der Waals surface area contributed by atoms with Crippen LogP contribution in [0.3, 0.4) is 0 Å². The van der Waals surface area contributed by atoms with Gasteiger partial charge in [-0.25, -0.2) is 0 Å². The zero-order chi connectivity index (χ0) is 22.6. The van der Waals surface area contributed by atoms with E-state index in [2.05, 4.69) is 33.3 Å². The summed E-state index contributed by atoms with van der Waals surface area (Å²) in [5.41, 5.74) is -2.19. The van der Waals surface area contributed by atoms with Crippen LogP contribution in [0.1, 0.15) is 48.8 Å². The molecule has 4 nitrogen and oxygen atoms in total. The Morgan fingerprint density at radius 3 is 2.59 bits per heavy atom. The Labute approximate surface area is 186 Å². The van der Waals surface area contributed by atoms with Crippen molar-refractivity contribution in [2.24, 2.45) is 5.92 Å². The van der Waals surface area contributed by atoms with E-state index in [0.29, 0.717) is 12.0 Å². The number of alkyl halides is 3. The quantitative estimate of drug-likeness (QED) is 0.462. The van der Waals surface area contributed by atoms with E-state index in [4.69, 9.17) is 0 Å². The summed E-state index contributed by atoms with van der Waals surface area (Å²) in [5.74, 6) is 0.167. The molecular formula is C24H26F3NO3S. The van der Waals surface area contributed by atoms with Crippen molar-refractivity contribution >= 4 is 10.1 Å². The van der Waals surface area contributed by atoms with Crippen LogP contribution in [0.4, 0.5) is 13.2 Å². The van der Waals surface area contributed by atoms with Crippen molar-refractivity contribution < 1.29 is 25.8 Å². The summed E-state index contributed by atoms with van der Waals surface area (Å²) in [4.78, 5) is 2.56. The summed E-state index contributed by atoms with van der Waals surface area (Å²) in [6.07, 6.45) is 6.03. The van der Waals surface area contributed by atoms with E-state index in [9.17, 15) is 21.6 Å². The summed E-state index contributed by atoms with van der Waals surface area (Å²) in [6.45, 7) is 1.81. The molecule has 0 aromatic heterocycles. The van der Waals surface area contributed by atoms with Crippen molar-refractivity contribution in [2.45, 2.75) is 62.0 Å². The van der Waals surface area contributed by atoms with Gasteiger partial charge in [0, 0.05) is 18.0 Å². The predicted molar refractivity (Wildman–Crippen MR) is 115 cm³/mol. The zero-order valence-electron chi connectivity index (χ0n) is 17.6. The van der Waals surface area contributed by atoms with Crippen LogP contribution in [-0.2, 0) is 28.5 Å². The molecule has 0 N–H and O–H groups in total. The van der Waals surface area contributed by atoms with E-state index in [1.165, 1.54) is 11.6 Å². The minimum absolute atomic E-state index is 0.120. The molecule has 2 aromatic carbocycles. The van der Waals surface area contributed by atoms with E-state index in [1.54, 1.807) is 12.1 Å². The van der Waals surface area contributed by atoms with Crippen LogP contribution in [0.2, 0.25) is 0 Å². The Morgan fingerprint density at radius 2 is 1.84 bits per heavy atom. The fraction of sp³-hybridized carbons (Fsp3) is 0.500. The lowest BCUT2D eigenvalue weighted by atomic mass is 9.52. The molecular weight excluding hydrogens is 439 g/mol. The molecule has 32 heavy (non-hydrogen) atoms. The van der Waals surface area contributed by atoms with Crippen LogP contribution in [0.15, 0.2) is 48.5 Å². The number of hydrogen-bond acceptors (Lipinski definition) is 4. The van der Waals surface area contributed by atoms with Crippen molar-refractivity contribution in [3.8, 4) is 5.75 Å². The molecule has 1 heterocycles. The summed E-state index contributed by atoms with van der Waals surface area (Å²) in [5, 5.41) is 0. The summed E-state index contributed by atoms with van der Waals surface area (Å²) >= 11 is 0. The zero-order valence-corrected chi connectivity index (χ0v) is 18.5. The second kappa shape index (κ2) is 7.76. The van der Waals surface area contributed by atoms with Crippen LogP contribution in [-0.4, -0.2) is 31.4 Å². The highest BCUT2D eigenvalue weighted by molar-refractivity contribution is 7.88. The minimum Gasteiger partial charge on any atom is -0.376 e. The highest BCUT2D eigenvalue weighted by Crippen LogP contribution is 2.56. The Kier molecular flexibility index (Phi) is 5.28. The third-order valence-electron chi connectivity index (χ3n) is 7.64. The molecule has 2 aliphatic carbocycles. The molecule has 0 spiro atoms. The van der Waals surface area contributed by atoms with Gasteiger partial charge in [0.05, 0.1) is 0 Å². The molecule has 172 valence electrons. The van der Waals surface area contributed by atoms with Gasteiger partial charge in [0.15, 0.2) is 0 Å². The summed E-state index contributed by atoms with van der Waals surface area (Å²) in [7, 11) is -5.68. The van der Waals surface area contributed by atoms with Crippen LogP contribution in [0.25, 0.3) is 0 Å². The fourth-order valence-corrected chi connectivity index (χ4v) is 6.76. The molecule has 5 rings (SSSR count). The second-order valence-corrected chi connectivity index (χ2v) is 10.8. The highest BCUT2D eigenvalue weighted by Gasteiger charge is 2.54. The number of benzene rings is 2. The first kappa shape index (κ1) is 21.8. The average Bonchev–Trinajstić information content (AvgIpc) is 2.76. The molecule has 8 heteroatoms. The standard InChI is InChI=1S/C24H26F3NO3S/c25-24(26,27)32(29,30)31-19-10-9-18-14-22-20-8-4-5-11-23(20,21(18)15-19)12-13-28(22)16-17-6-2-1-3-7-17/h1-3,6-7,9-10,15,20,22H,4-5,8,11-14,16H2/t20-,22+,23+/m0/s1. The lowest BCUT2D eigenvalue weighted by molar-refractivity contribution is -0.0500. The van der Waals surface area contributed by atoms with Gasteiger partial charge in [-0.05, 0) is 67.0 Å². The second-order valence-electron chi connectivity index (χ2n) is 9.29. The average molecular weight is 466 g/mol. The molecule has 3 aliphatic rings. The largest absolute Gasteiger partial charge is 0.534 e. The molecule has 0 amide bonds. The molecule has 0 radical (unpaired) electrons. The van der Waals surface area contributed by atoms with E-state index < -0.39 is 15.6 Å². The molecule has 1 aliphatic heterocycles. The predicted octanol–water partition coefficient (Wildman–Crippen LogP) is 5.17. The van der Waals surface area contributed by atoms with E-state index in [0.717, 1.165) is 62.7 Å². The molecule has 3 atom stereocenters. The molecule has 2 aromatic rings. The number of halogens is 3. The normalized spacial score (nSPS) is 28.0. The first-order valence-corrected chi connectivity index (χ1v) is 12.5. The number of hydrogen-bond donors (Lipinski definition) is 0. The van der Waals surface area contributed by atoms with Crippen LogP contribution in [0.5, 0.6) is 5.75 Å². The number of nitrogens with zero attached hydrogens (tertiary/aromatic N) is 1. The van der Waals surface area contributed by atoms with Crippen molar-refractivity contribution in [3.63, 3.8) is 0 Å². The maximum atomic E-state index is 12.8. The van der Waals surface area contributed by atoms with Crippen molar-refractivity contribution in [3.05, 3.63) is 65.2 Å². The Hall–Kier alpha value is -2.06. The highest BCUT2D eigenvalue weighted by atomic mass is 32.2. The number of piperidine rings is 1. The first-order valence-electron chi connectivity index (χ1n) is 11.1. The minimum atomic E-state index is -5.68. The SMILES string of the molecule is O=S(=O)(Oc1ccc2c(c1)[C@@]13CCCC[C@H]1[C@@H](C2)N(Cc1ccccc1)CC3)C(F)(F)F. The van der Waals surface area contributed by atoms with Gasteiger partial charge in [0.2, 0.25) is 0 Å². The third-order valence-corrected chi connectivity index (χ3v) is 8.62. The Bertz CT molecular complexity index is 1100. The Morgan fingerprint density at radius 1 is 1.06 bits per heavy atom. The third kappa shape index (κ3) is 3.61. The van der Waals surface area contributed by atoms with E-state index in [-0.39, 0.29) is 11.2 Å². The fourth-order valence-electron chi connectivity index (χ4n) is 6.30. The number of fused-ring (bicyclic) bond motifs is 1. The molecule has 0 unspecified atom stereocenters. The number of likely N-dealkylation sites (tertiary alicyclic amines) is 1. The van der Waals surface area contributed by atoms with Gasteiger partial charge in [-0.15, -0.1) is 0 Å². The van der Waals surface area contributed by atoms with Gasteiger partial charge in [-0.1, -0.05) is 49.2 Å². The molecule has 1 saturated heterocycles. The van der Waals surface area contributed by atoms with Gasteiger partial charge in [0.1, 0.15) is 5.75 Å². The van der Waals surface area contributed by atoms with Crippen molar-refractivity contribution in [1.82, 2.24) is 4.90 Å². The van der Waals surface area contributed by atoms with Gasteiger partial charge in [-0.2, -0.15) is 21.6 Å². The van der Waals surface area contributed by atoms with Crippen LogP contribution in [0, 0.1) is 5.92 Å². The maximum Gasteiger partial charge on any atom is 0.534 e. The van der Waals surface area contributed by atoms with Crippen molar-refractivity contribution in [1.29, 1.82) is 0 Å². The van der Waals surface area contributed by atoms with E-state index >= 15 is 0 Å². The lowest BCUT2D eigenvalue weighted by Crippen LogP contribution is -2.60. The van der Waals surface area contributed by atoms with Crippen LogP contribution >= 0.6 is 0 Å². The molecule has 2 bridgehead atoms. The topological polar surface area (TPSA) is 46.6 Å². The van der Waals surface area contributed by atoms with Gasteiger partial charge in [-0.3, -0.25) is 4.90 Å². The maximum absolute atomic E-state index is 12.8. The van der Waals surface area contributed by atoms with Gasteiger partial charge in [0.25, 0.3) is 0 Å². The lowest BCUT2D eigenvalue weighted by Gasteiger charge is -2.59. The van der Waals surface area contributed by atoms with Gasteiger partial charge < -0.3 is 4.18 Å². The van der Waals surface area contributed by atoms with E-state index in [1.807, 2.05) is 6.07 Å². The number of rotatable bonds is 4. The smallest absolute Gasteiger partial charge is 0.376 e.